The zero-order valence-corrected chi connectivity index (χ0v) is 14.3. The number of aryl methyl sites for hydroxylation is 1. The Morgan fingerprint density at radius 1 is 1.16 bits per heavy atom. The highest BCUT2D eigenvalue weighted by Gasteiger charge is 2.06. The van der Waals surface area contributed by atoms with Crippen molar-refractivity contribution in [3.63, 3.8) is 0 Å². The average Bonchev–Trinajstić information content (AvgIpc) is 3.10. The third-order valence-corrected chi connectivity index (χ3v) is 3.80. The highest BCUT2D eigenvalue weighted by molar-refractivity contribution is 5.31. The molecule has 2 N–H and O–H groups in total. The molecule has 1 atom stereocenters. The van der Waals surface area contributed by atoms with E-state index in [0.29, 0.717) is 13.1 Å². The minimum absolute atomic E-state index is 0.264. The average molecular weight is 337 g/mol. The molecule has 0 aliphatic heterocycles. The number of hydrogen-bond acceptors (Lipinski definition) is 4. The number of rotatable bonds is 8. The predicted molar refractivity (Wildman–Crippen MR) is 98.0 cm³/mol. The standard InChI is InChI=1S/C20H23N3O2/c1-16-6-5-9-20(10-16)25-15-19(24)13-21-11-17-12-22-23(14-17)18-7-3-2-4-8-18/h2-10,12,14,19,21,24H,11,13,15H2,1H3. The molecule has 3 aromatic rings. The number of aromatic nitrogens is 2. The van der Waals surface area contributed by atoms with Gasteiger partial charge in [-0.3, -0.25) is 0 Å². The van der Waals surface area contributed by atoms with Gasteiger partial charge in [-0.15, -0.1) is 0 Å². The van der Waals surface area contributed by atoms with E-state index in [9.17, 15) is 5.11 Å². The molecule has 0 bridgehead atoms. The molecule has 5 heteroatoms. The lowest BCUT2D eigenvalue weighted by atomic mass is 10.2. The van der Waals surface area contributed by atoms with Gasteiger partial charge in [-0.25, -0.2) is 4.68 Å². The second kappa shape index (κ2) is 8.46. The van der Waals surface area contributed by atoms with Gasteiger partial charge < -0.3 is 15.2 Å². The highest BCUT2D eigenvalue weighted by atomic mass is 16.5. The first kappa shape index (κ1) is 17.2. The highest BCUT2D eigenvalue weighted by Crippen LogP contribution is 2.12. The zero-order chi connectivity index (χ0) is 17.5. The molecule has 3 rings (SSSR count). The number of hydrogen-bond donors (Lipinski definition) is 2. The number of benzene rings is 2. The van der Waals surface area contributed by atoms with Gasteiger partial charge in [0, 0.05) is 24.8 Å². The molecule has 130 valence electrons. The molecule has 0 radical (unpaired) electrons. The molecule has 1 unspecified atom stereocenters. The van der Waals surface area contributed by atoms with E-state index in [1.807, 2.05) is 78.6 Å². The van der Waals surface area contributed by atoms with E-state index < -0.39 is 6.10 Å². The van der Waals surface area contributed by atoms with Crippen molar-refractivity contribution in [1.82, 2.24) is 15.1 Å². The number of nitrogens with one attached hydrogen (secondary N) is 1. The van der Waals surface area contributed by atoms with Crippen LogP contribution in [0, 0.1) is 6.92 Å². The van der Waals surface area contributed by atoms with E-state index in [4.69, 9.17) is 4.74 Å². The van der Waals surface area contributed by atoms with Crippen LogP contribution in [0.5, 0.6) is 5.75 Å². The van der Waals surface area contributed by atoms with Crippen molar-refractivity contribution < 1.29 is 9.84 Å². The minimum atomic E-state index is -0.565. The maximum atomic E-state index is 10.0. The summed E-state index contributed by atoms with van der Waals surface area (Å²) in [5, 5.41) is 17.6. The maximum absolute atomic E-state index is 10.0. The summed E-state index contributed by atoms with van der Waals surface area (Å²) < 4.78 is 7.45. The third-order valence-electron chi connectivity index (χ3n) is 3.80. The number of aliphatic hydroxyl groups excluding tert-OH is 1. The Bertz CT molecular complexity index is 786. The molecule has 0 amide bonds. The number of nitrogens with zero attached hydrogens (tertiary/aromatic N) is 2. The number of para-hydroxylation sites is 1. The lowest BCUT2D eigenvalue weighted by Crippen LogP contribution is -2.31. The molecular weight excluding hydrogens is 314 g/mol. The van der Waals surface area contributed by atoms with Gasteiger partial charge in [-0.2, -0.15) is 5.10 Å². The van der Waals surface area contributed by atoms with Crippen LogP contribution in [0.2, 0.25) is 0 Å². The Morgan fingerprint density at radius 3 is 2.80 bits per heavy atom. The van der Waals surface area contributed by atoms with Crippen LogP contribution in [0.15, 0.2) is 67.0 Å². The summed E-state index contributed by atoms with van der Waals surface area (Å²) in [7, 11) is 0. The molecule has 0 aliphatic carbocycles. The van der Waals surface area contributed by atoms with Gasteiger partial charge in [0.1, 0.15) is 18.5 Å². The smallest absolute Gasteiger partial charge is 0.119 e. The molecule has 1 aromatic heterocycles. The van der Waals surface area contributed by atoms with Gasteiger partial charge in [0.25, 0.3) is 0 Å². The lowest BCUT2D eigenvalue weighted by molar-refractivity contribution is 0.106. The number of aliphatic hydroxyl groups is 1. The van der Waals surface area contributed by atoms with Crippen molar-refractivity contribution in [3.05, 3.63) is 78.1 Å². The fraction of sp³-hybridized carbons (Fsp3) is 0.250. The Balaban J connectivity index is 1.41. The molecule has 5 nitrogen and oxygen atoms in total. The molecule has 0 aliphatic rings. The van der Waals surface area contributed by atoms with Crippen LogP contribution >= 0.6 is 0 Å². The van der Waals surface area contributed by atoms with E-state index in [2.05, 4.69) is 10.4 Å². The van der Waals surface area contributed by atoms with Crippen LogP contribution in [0.4, 0.5) is 0 Å². The normalized spacial score (nSPS) is 12.1. The van der Waals surface area contributed by atoms with Crippen LogP contribution in [0.25, 0.3) is 5.69 Å². The Hall–Kier alpha value is -2.63. The molecule has 0 spiro atoms. The fourth-order valence-corrected chi connectivity index (χ4v) is 2.51. The van der Waals surface area contributed by atoms with E-state index in [1.165, 1.54) is 0 Å². The second-order valence-corrected chi connectivity index (χ2v) is 6.04. The summed E-state index contributed by atoms with van der Waals surface area (Å²) in [4.78, 5) is 0. The van der Waals surface area contributed by atoms with Gasteiger partial charge in [-0.05, 0) is 36.8 Å². The van der Waals surface area contributed by atoms with E-state index in [1.54, 1.807) is 0 Å². The van der Waals surface area contributed by atoms with Crippen molar-refractivity contribution in [2.45, 2.75) is 19.6 Å². The molecule has 0 saturated heterocycles. The third kappa shape index (κ3) is 5.17. The van der Waals surface area contributed by atoms with Gasteiger partial charge >= 0.3 is 0 Å². The molecule has 25 heavy (non-hydrogen) atoms. The SMILES string of the molecule is Cc1cccc(OCC(O)CNCc2cnn(-c3ccccc3)c2)c1. The molecule has 0 fully saturated rings. The van der Waals surface area contributed by atoms with Crippen LogP contribution < -0.4 is 10.1 Å². The van der Waals surface area contributed by atoms with E-state index >= 15 is 0 Å². The summed E-state index contributed by atoms with van der Waals surface area (Å²) in [5.41, 5.74) is 3.23. The summed E-state index contributed by atoms with van der Waals surface area (Å²) in [6, 6.07) is 17.8. The van der Waals surface area contributed by atoms with Crippen molar-refractivity contribution in [1.29, 1.82) is 0 Å². The Kier molecular flexibility index (Phi) is 5.82. The van der Waals surface area contributed by atoms with Crippen LogP contribution in [-0.2, 0) is 6.54 Å². The van der Waals surface area contributed by atoms with Gasteiger partial charge in [-0.1, -0.05) is 30.3 Å². The monoisotopic (exact) mass is 337 g/mol. The Labute approximate surface area is 147 Å². The van der Waals surface area contributed by atoms with Crippen LogP contribution in [-0.4, -0.2) is 34.1 Å². The quantitative estimate of drug-likeness (QED) is 0.663. The first-order valence-electron chi connectivity index (χ1n) is 8.38. The maximum Gasteiger partial charge on any atom is 0.119 e. The van der Waals surface area contributed by atoms with E-state index in [0.717, 1.165) is 22.6 Å². The summed E-state index contributed by atoms with van der Waals surface area (Å²) in [5.74, 6) is 0.781. The van der Waals surface area contributed by atoms with Crippen molar-refractivity contribution in [2.24, 2.45) is 0 Å². The topological polar surface area (TPSA) is 59.3 Å². The van der Waals surface area contributed by atoms with Crippen molar-refractivity contribution >= 4 is 0 Å². The van der Waals surface area contributed by atoms with Crippen molar-refractivity contribution in [2.75, 3.05) is 13.2 Å². The summed E-state index contributed by atoms with van der Waals surface area (Å²) in [6.07, 6.45) is 3.25. The molecule has 1 heterocycles. The zero-order valence-electron chi connectivity index (χ0n) is 14.3. The number of ether oxygens (including phenoxy) is 1. The van der Waals surface area contributed by atoms with Crippen LogP contribution in [0.1, 0.15) is 11.1 Å². The van der Waals surface area contributed by atoms with Gasteiger partial charge in [0.05, 0.1) is 11.9 Å². The second-order valence-electron chi connectivity index (χ2n) is 6.04. The molecular formula is C20H23N3O2. The fourth-order valence-electron chi connectivity index (χ4n) is 2.51. The first-order valence-corrected chi connectivity index (χ1v) is 8.38. The minimum Gasteiger partial charge on any atom is -0.491 e. The Morgan fingerprint density at radius 2 is 2.00 bits per heavy atom. The largest absolute Gasteiger partial charge is 0.491 e. The van der Waals surface area contributed by atoms with Crippen molar-refractivity contribution in [3.8, 4) is 11.4 Å². The summed E-state index contributed by atoms with van der Waals surface area (Å²) in [6.45, 7) is 3.39. The summed E-state index contributed by atoms with van der Waals surface area (Å²) >= 11 is 0. The van der Waals surface area contributed by atoms with Gasteiger partial charge in [0.2, 0.25) is 0 Å². The first-order chi connectivity index (χ1) is 12.2. The van der Waals surface area contributed by atoms with Gasteiger partial charge in [0.15, 0.2) is 0 Å². The molecule has 2 aromatic carbocycles. The van der Waals surface area contributed by atoms with E-state index in [-0.39, 0.29) is 6.61 Å². The molecule has 0 saturated carbocycles. The van der Waals surface area contributed by atoms with Crippen LogP contribution in [0.3, 0.4) is 0 Å². The predicted octanol–water partition coefficient (Wildman–Crippen LogP) is 2.71. The lowest BCUT2D eigenvalue weighted by Gasteiger charge is -2.13.